The van der Waals surface area contributed by atoms with Crippen LogP contribution >= 0.6 is 11.6 Å². The van der Waals surface area contributed by atoms with Gasteiger partial charge >= 0.3 is 0 Å². The van der Waals surface area contributed by atoms with Gasteiger partial charge in [0.05, 0.1) is 5.52 Å². The third-order valence-electron chi connectivity index (χ3n) is 4.76. The highest BCUT2D eigenvalue weighted by atomic mass is 35.5. The maximum absolute atomic E-state index is 13.2. The van der Waals surface area contributed by atoms with E-state index in [-0.39, 0.29) is 0 Å². The molecule has 0 bridgehead atoms. The van der Waals surface area contributed by atoms with E-state index in [1.165, 1.54) is 5.56 Å². The summed E-state index contributed by atoms with van der Waals surface area (Å²) in [4.78, 5) is 12.6. The second kappa shape index (κ2) is 7.74. The van der Waals surface area contributed by atoms with Gasteiger partial charge in [0, 0.05) is 43.1 Å². The summed E-state index contributed by atoms with van der Waals surface area (Å²) in [5, 5.41) is 1.54. The van der Waals surface area contributed by atoms with Crippen LogP contribution in [0.15, 0.2) is 48.5 Å². The molecule has 0 unspecified atom stereocenters. The van der Waals surface area contributed by atoms with Gasteiger partial charge in [-0.1, -0.05) is 35.9 Å². The Morgan fingerprint density at radius 3 is 2.48 bits per heavy atom. The molecule has 0 amide bonds. The number of halogens is 3. The highest BCUT2D eigenvalue weighted by Crippen LogP contribution is 2.28. The molecular weight excluding hydrogens is 370 g/mol. The normalized spacial score (nSPS) is 15.6. The Bertz CT molecular complexity index is 942. The van der Waals surface area contributed by atoms with E-state index in [0.29, 0.717) is 11.3 Å². The van der Waals surface area contributed by atoms with E-state index in [4.69, 9.17) is 11.6 Å². The van der Waals surface area contributed by atoms with Gasteiger partial charge in [0.1, 0.15) is 5.82 Å². The zero-order valence-electron chi connectivity index (χ0n) is 14.7. The maximum atomic E-state index is 13.2. The summed E-state index contributed by atoms with van der Waals surface area (Å²) >= 11 is 6.06. The zero-order chi connectivity index (χ0) is 18.8. The molecule has 0 radical (unpaired) electrons. The minimum Gasteiger partial charge on any atom is -0.353 e. The molecule has 2 aromatic carbocycles. The third-order valence-corrected chi connectivity index (χ3v) is 5.00. The largest absolute Gasteiger partial charge is 0.353 e. The number of rotatable bonds is 4. The Morgan fingerprint density at radius 1 is 0.963 bits per heavy atom. The molecule has 1 aromatic heterocycles. The van der Waals surface area contributed by atoms with Crippen molar-refractivity contribution in [2.75, 3.05) is 31.1 Å². The first kappa shape index (κ1) is 18.1. The van der Waals surface area contributed by atoms with Crippen molar-refractivity contribution >= 4 is 28.3 Å². The van der Waals surface area contributed by atoms with Crippen LogP contribution in [0.4, 0.5) is 14.6 Å². The highest BCUT2D eigenvalue weighted by Gasteiger charge is 2.22. The number of nitrogens with zero attached hydrogens (tertiary/aromatic N) is 4. The molecule has 0 N–H and O–H groups in total. The Kier molecular flexibility index (Phi) is 5.18. The predicted octanol–water partition coefficient (Wildman–Crippen LogP) is 4.54. The van der Waals surface area contributed by atoms with Crippen LogP contribution in [-0.2, 0) is 6.54 Å². The predicted molar refractivity (Wildman–Crippen MR) is 103 cm³/mol. The number of hydrogen-bond acceptors (Lipinski definition) is 4. The SMILES string of the molecule is FC(F)c1nc(N2CCN(Cc3cccc(Cl)c3)CC2)c2ccccc2n1. The standard InChI is InChI=1S/C20H19ClF2N4/c21-15-5-3-4-14(12-15)13-26-8-10-27(11-9-26)20-16-6-1-2-7-17(16)24-19(25-20)18(22)23/h1-7,12,18H,8-11,13H2. The Balaban J connectivity index is 1.52. The molecule has 4 nitrogen and oxygen atoms in total. The third kappa shape index (κ3) is 4.01. The minimum absolute atomic E-state index is 0.412. The smallest absolute Gasteiger partial charge is 0.297 e. The first-order chi connectivity index (χ1) is 13.1. The zero-order valence-corrected chi connectivity index (χ0v) is 15.4. The lowest BCUT2D eigenvalue weighted by Gasteiger charge is -2.36. The summed E-state index contributed by atoms with van der Waals surface area (Å²) in [5.41, 5.74) is 1.72. The Hall–Kier alpha value is -2.31. The molecule has 1 aliphatic heterocycles. The number of alkyl halides is 2. The van der Waals surface area contributed by atoms with Gasteiger partial charge in [0.15, 0.2) is 5.82 Å². The van der Waals surface area contributed by atoms with Crippen LogP contribution in [0.1, 0.15) is 17.8 Å². The van der Waals surface area contributed by atoms with E-state index in [1.807, 2.05) is 30.3 Å². The number of fused-ring (bicyclic) bond motifs is 1. The van der Waals surface area contributed by atoms with E-state index in [2.05, 4.69) is 25.8 Å². The summed E-state index contributed by atoms with van der Waals surface area (Å²) in [6, 6.07) is 15.2. The van der Waals surface area contributed by atoms with Crippen LogP contribution in [0.25, 0.3) is 10.9 Å². The van der Waals surface area contributed by atoms with Gasteiger partial charge in [-0.15, -0.1) is 0 Å². The molecule has 2 heterocycles. The van der Waals surface area contributed by atoms with Gasteiger partial charge < -0.3 is 4.90 Å². The van der Waals surface area contributed by atoms with Gasteiger partial charge in [0.2, 0.25) is 0 Å². The van der Waals surface area contributed by atoms with Gasteiger partial charge in [-0.05, 0) is 29.8 Å². The van der Waals surface area contributed by atoms with Crippen molar-refractivity contribution in [1.29, 1.82) is 0 Å². The number of anilines is 1. The van der Waals surface area contributed by atoms with Crippen molar-refractivity contribution in [3.05, 3.63) is 64.9 Å². The van der Waals surface area contributed by atoms with Crippen LogP contribution in [0.3, 0.4) is 0 Å². The van der Waals surface area contributed by atoms with Gasteiger partial charge in [-0.3, -0.25) is 4.90 Å². The second-order valence-corrected chi connectivity index (χ2v) is 7.05. The van der Waals surface area contributed by atoms with E-state index in [0.717, 1.165) is 43.1 Å². The van der Waals surface area contributed by atoms with E-state index < -0.39 is 12.2 Å². The van der Waals surface area contributed by atoms with Crippen molar-refractivity contribution in [1.82, 2.24) is 14.9 Å². The Morgan fingerprint density at radius 2 is 1.74 bits per heavy atom. The maximum Gasteiger partial charge on any atom is 0.297 e. The molecule has 1 fully saturated rings. The van der Waals surface area contributed by atoms with Gasteiger partial charge in [-0.25, -0.2) is 18.7 Å². The monoisotopic (exact) mass is 388 g/mol. The molecule has 0 spiro atoms. The van der Waals surface area contributed by atoms with Crippen LogP contribution in [0, 0.1) is 0 Å². The molecule has 0 saturated carbocycles. The summed E-state index contributed by atoms with van der Waals surface area (Å²) < 4.78 is 26.4. The average molecular weight is 389 g/mol. The van der Waals surface area contributed by atoms with E-state index >= 15 is 0 Å². The molecule has 1 saturated heterocycles. The van der Waals surface area contributed by atoms with E-state index in [1.54, 1.807) is 12.1 Å². The molecule has 4 rings (SSSR count). The lowest BCUT2D eigenvalue weighted by molar-refractivity contribution is 0.141. The van der Waals surface area contributed by atoms with Crippen molar-refractivity contribution in [2.24, 2.45) is 0 Å². The molecule has 140 valence electrons. The number of hydrogen-bond donors (Lipinski definition) is 0. The number of aromatic nitrogens is 2. The lowest BCUT2D eigenvalue weighted by Crippen LogP contribution is -2.46. The molecule has 1 aliphatic rings. The molecule has 7 heteroatoms. The first-order valence-corrected chi connectivity index (χ1v) is 9.24. The van der Waals surface area contributed by atoms with Crippen molar-refractivity contribution < 1.29 is 8.78 Å². The summed E-state index contributed by atoms with van der Waals surface area (Å²) in [5.74, 6) is 0.184. The summed E-state index contributed by atoms with van der Waals surface area (Å²) in [7, 11) is 0. The van der Waals surface area contributed by atoms with E-state index in [9.17, 15) is 8.78 Å². The van der Waals surface area contributed by atoms with Crippen molar-refractivity contribution in [3.63, 3.8) is 0 Å². The van der Waals surface area contributed by atoms with Crippen LogP contribution in [0.5, 0.6) is 0 Å². The van der Waals surface area contributed by atoms with Crippen LogP contribution in [0.2, 0.25) is 5.02 Å². The fourth-order valence-electron chi connectivity index (χ4n) is 3.43. The van der Waals surface area contributed by atoms with Gasteiger partial charge in [0.25, 0.3) is 6.43 Å². The quantitative estimate of drug-likeness (QED) is 0.656. The first-order valence-electron chi connectivity index (χ1n) is 8.87. The van der Waals surface area contributed by atoms with Crippen molar-refractivity contribution in [3.8, 4) is 0 Å². The second-order valence-electron chi connectivity index (χ2n) is 6.62. The number of para-hydroxylation sites is 1. The molecule has 0 aliphatic carbocycles. The topological polar surface area (TPSA) is 32.3 Å². The number of benzene rings is 2. The van der Waals surface area contributed by atoms with Crippen LogP contribution in [-0.4, -0.2) is 41.0 Å². The Labute approximate surface area is 161 Å². The highest BCUT2D eigenvalue weighted by molar-refractivity contribution is 6.30. The fraction of sp³-hybridized carbons (Fsp3) is 0.300. The lowest BCUT2D eigenvalue weighted by atomic mass is 10.2. The molecular formula is C20H19ClF2N4. The fourth-order valence-corrected chi connectivity index (χ4v) is 3.64. The minimum atomic E-state index is -2.68. The summed E-state index contributed by atoms with van der Waals surface area (Å²) in [6.45, 7) is 3.93. The average Bonchev–Trinajstić information content (AvgIpc) is 2.68. The molecule has 0 atom stereocenters. The number of piperazine rings is 1. The summed E-state index contributed by atoms with van der Waals surface area (Å²) in [6.07, 6.45) is -2.68. The van der Waals surface area contributed by atoms with Crippen molar-refractivity contribution in [2.45, 2.75) is 13.0 Å². The van der Waals surface area contributed by atoms with Crippen LogP contribution < -0.4 is 4.90 Å². The molecule has 3 aromatic rings. The van der Waals surface area contributed by atoms with Gasteiger partial charge in [-0.2, -0.15) is 0 Å². The molecule has 27 heavy (non-hydrogen) atoms.